The summed E-state index contributed by atoms with van der Waals surface area (Å²) in [6, 6.07) is 9.26. The molecule has 2 N–H and O–H groups in total. The summed E-state index contributed by atoms with van der Waals surface area (Å²) in [6.07, 6.45) is 2.76. The van der Waals surface area contributed by atoms with Crippen molar-refractivity contribution in [2.75, 3.05) is 25.4 Å². The molecule has 0 spiro atoms. The predicted molar refractivity (Wildman–Crippen MR) is 111 cm³/mol. The number of hydrogen-bond donors (Lipinski definition) is 2. The first kappa shape index (κ1) is 20.1. The largest absolute Gasteiger partial charge is 0.354 e. The molecular formula is C20H32N4O2S. The number of hydrogen-bond acceptors (Lipinski definition) is 3. The third-order valence-electron chi connectivity index (χ3n) is 5.57. The van der Waals surface area contributed by atoms with E-state index in [1.54, 1.807) is 11.2 Å². The molecule has 1 aliphatic heterocycles. The first-order chi connectivity index (χ1) is 12.9. The van der Waals surface area contributed by atoms with E-state index in [9.17, 15) is 8.42 Å². The molecule has 1 aliphatic carbocycles. The molecule has 150 valence electrons. The van der Waals surface area contributed by atoms with Gasteiger partial charge in [0.2, 0.25) is 10.0 Å². The van der Waals surface area contributed by atoms with Gasteiger partial charge in [-0.25, -0.2) is 12.7 Å². The minimum Gasteiger partial charge on any atom is -0.354 e. The van der Waals surface area contributed by atoms with Gasteiger partial charge >= 0.3 is 0 Å². The van der Waals surface area contributed by atoms with Gasteiger partial charge in [-0.3, -0.25) is 4.99 Å². The average molecular weight is 393 g/mol. The van der Waals surface area contributed by atoms with E-state index in [2.05, 4.69) is 46.8 Å². The molecule has 1 aromatic rings. The summed E-state index contributed by atoms with van der Waals surface area (Å²) in [5.74, 6) is 1.58. The lowest BCUT2D eigenvalue weighted by Gasteiger charge is -2.32. The number of guanidine groups is 1. The fraction of sp³-hybridized carbons (Fsp3) is 0.650. The van der Waals surface area contributed by atoms with Gasteiger partial charge in [-0.1, -0.05) is 24.3 Å². The van der Waals surface area contributed by atoms with Crippen LogP contribution in [-0.4, -0.2) is 56.2 Å². The van der Waals surface area contributed by atoms with Gasteiger partial charge in [0, 0.05) is 37.6 Å². The summed E-state index contributed by atoms with van der Waals surface area (Å²) < 4.78 is 25.6. The highest BCUT2D eigenvalue weighted by Crippen LogP contribution is 2.42. The van der Waals surface area contributed by atoms with E-state index in [-0.39, 0.29) is 11.8 Å². The molecule has 0 radical (unpaired) electrons. The van der Waals surface area contributed by atoms with E-state index in [0.29, 0.717) is 25.0 Å². The topological polar surface area (TPSA) is 73.8 Å². The number of nitrogens with one attached hydrogen (secondary N) is 2. The van der Waals surface area contributed by atoms with Gasteiger partial charge in [0.15, 0.2) is 5.96 Å². The van der Waals surface area contributed by atoms with Crippen molar-refractivity contribution in [2.45, 2.75) is 58.0 Å². The average Bonchev–Trinajstić information content (AvgIpc) is 3.41. The third-order valence-corrected chi connectivity index (χ3v) is 7.45. The summed E-state index contributed by atoms with van der Waals surface area (Å²) in [6.45, 7) is 7.80. The second kappa shape index (κ2) is 8.61. The van der Waals surface area contributed by atoms with E-state index < -0.39 is 10.0 Å². The molecule has 1 saturated carbocycles. The summed E-state index contributed by atoms with van der Waals surface area (Å²) in [4.78, 5) is 4.60. The van der Waals surface area contributed by atoms with Gasteiger partial charge < -0.3 is 10.6 Å². The smallest absolute Gasteiger partial charge is 0.213 e. The zero-order chi connectivity index (χ0) is 19.4. The first-order valence-electron chi connectivity index (χ1n) is 10.1. The Kier molecular flexibility index (Phi) is 6.42. The molecule has 2 fully saturated rings. The van der Waals surface area contributed by atoms with Crippen molar-refractivity contribution in [3.05, 3.63) is 35.4 Å². The molecule has 1 heterocycles. The second-order valence-electron chi connectivity index (χ2n) is 7.49. The number of rotatable bonds is 6. The lowest BCUT2D eigenvalue weighted by Crippen LogP contribution is -2.50. The number of sulfonamides is 1. The highest BCUT2D eigenvalue weighted by atomic mass is 32.2. The van der Waals surface area contributed by atoms with Crippen molar-refractivity contribution in [1.82, 2.24) is 14.9 Å². The van der Waals surface area contributed by atoms with Crippen LogP contribution in [0.4, 0.5) is 0 Å². The molecule has 0 amide bonds. The molecule has 0 bridgehead atoms. The van der Waals surface area contributed by atoms with Crippen LogP contribution >= 0.6 is 0 Å². The van der Waals surface area contributed by atoms with Gasteiger partial charge in [-0.05, 0) is 51.2 Å². The van der Waals surface area contributed by atoms with Crippen LogP contribution in [0.15, 0.2) is 29.3 Å². The van der Waals surface area contributed by atoms with Crippen LogP contribution in [0, 0.1) is 6.92 Å². The summed E-state index contributed by atoms with van der Waals surface area (Å²) in [5.41, 5.74) is 2.77. The molecule has 7 heteroatoms. The Bertz CT molecular complexity index is 770. The second-order valence-corrected chi connectivity index (χ2v) is 9.75. The fourth-order valence-corrected chi connectivity index (χ4v) is 4.95. The van der Waals surface area contributed by atoms with Crippen LogP contribution in [-0.2, 0) is 10.0 Å². The van der Waals surface area contributed by atoms with Gasteiger partial charge in [-0.2, -0.15) is 0 Å². The number of piperidine rings is 1. The van der Waals surface area contributed by atoms with E-state index in [1.165, 1.54) is 11.1 Å². The van der Waals surface area contributed by atoms with Crippen molar-refractivity contribution >= 4 is 16.0 Å². The van der Waals surface area contributed by atoms with Crippen molar-refractivity contribution in [3.8, 4) is 0 Å². The number of nitrogens with zero attached hydrogens (tertiary/aromatic N) is 2. The van der Waals surface area contributed by atoms with Crippen molar-refractivity contribution in [1.29, 1.82) is 0 Å². The van der Waals surface area contributed by atoms with E-state index in [4.69, 9.17) is 0 Å². The molecule has 1 saturated heterocycles. The Labute approximate surface area is 163 Å². The number of aliphatic imine (C=N–C) groups is 1. The van der Waals surface area contributed by atoms with Crippen LogP contribution in [0.2, 0.25) is 0 Å². The molecule has 2 aliphatic rings. The highest BCUT2D eigenvalue weighted by Gasteiger charge is 2.40. The maximum Gasteiger partial charge on any atom is 0.213 e. The van der Waals surface area contributed by atoms with E-state index in [0.717, 1.165) is 31.8 Å². The van der Waals surface area contributed by atoms with Crippen LogP contribution in [0.3, 0.4) is 0 Å². The van der Waals surface area contributed by atoms with Crippen LogP contribution in [0.25, 0.3) is 0 Å². The first-order valence-corrected chi connectivity index (χ1v) is 11.7. The Morgan fingerprint density at radius 1 is 1.19 bits per heavy atom. The maximum absolute atomic E-state index is 12.0. The minimum atomic E-state index is -3.07. The summed E-state index contributed by atoms with van der Waals surface area (Å²) >= 11 is 0. The van der Waals surface area contributed by atoms with Gasteiger partial charge in [-0.15, -0.1) is 0 Å². The molecule has 3 rings (SSSR count). The predicted octanol–water partition coefficient (Wildman–Crippen LogP) is 2.22. The summed E-state index contributed by atoms with van der Waals surface area (Å²) in [7, 11) is -3.07. The number of benzene rings is 1. The van der Waals surface area contributed by atoms with Crippen molar-refractivity contribution in [3.63, 3.8) is 0 Å². The van der Waals surface area contributed by atoms with Crippen molar-refractivity contribution < 1.29 is 8.42 Å². The summed E-state index contributed by atoms with van der Waals surface area (Å²) in [5, 5.41) is 7.10. The normalized spacial score (nSPS) is 24.6. The Hall–Kier alpha value is -1.60. The van der Waals surface area contributed by atoms with Gasteiger partial charge in [0.05, 0.1) is 5.75 Å². The quantitative estimate of drug-likeness (QED) is 0.575. The third kappa shape index (κ3) is 5.02. The van der Waals surface area contributed by atoms with Crippen LogP contribution in [0.1, 0.15) is 50.2 Å². The van der Waals surface area contributed by atoms with Crippen LogP contribution < -0.4 is 10.6 Å². The van der Waals surface area contributed by atoms with Gasteiger partial charge in [0.25, 0.3) is 0 Å². The van der Waals surface area contributed by atoms with E-state index in [1.807, 2.05) is 6.92 Å². The zero-order valence-corrected chi connectivity index (χ0v) is 17.4. The highest BCUT2D eigenvalue weighted by molar-refractivity contribution is 7.89. The standard InChI is InChI=1S/C20H32N4O2S/c1-4-21-20(22-16-10-12-24(13-11-16)27(25,26)5-2)23-19-14-18(19)17-9-7-6-8-15(17)3/h6-9,16,18-19H,4-5,10-14H2,1-3H3,(H2,21,22,23). The fourth-order valence-electron chi connectivity index (χ4n) is 3.82. The molecule has 2 unspecified atom stereocenters. The SMILES string of the molecule is CCN=C(NC1CCN(S(=O)(=O)CC)CC1)NC1CC1c1ccccc1C. The minimum absolute atomic E-state index is 0.178. The number of aryl methyl sites for hydroxylation is 1. The van der Waals surface area contributed by atoms with E-state index >= 15 is 0 Å². The lowest BCUT2D eigenvalue weighted by atomic mass is 10.0. The Balaban J connectivity index is 1.53. The Morgan fingerprint density at radius 3 is 2.52 bits per heavy atom. The molecule has 0 aromatic heterocycles. The molecule has 27 heavy (non-hydrogen) atoms. The lowest BCUT2D eigenvalue weighted by molar-refractivity contribution is 0.306. The monoisotopic (exact) mass is 392 g/mol. The zero-order valence-electron chi connectivity index (χ0n) is 16.6. The molecule has 1 aromatic carbocycles. The maximum atomic E-state index is 12.0. The van der Waals surface area contributed by atoms with Crippen molar-refractivity contribution in [2.24, 2.45) is 4.99 Å². The molecule has 2 atom stereocenters. The van der Waals surface area contributed by atoms with Crippen LogP contribution in [0.5, 0.6) is 0 Å². The van der Waals surface area contributed by atoms with Gasteiger partial charge in [0.1, 0.15) is 0 Å². The molecular weight excluding hydrogens is 360 g/mol. The Morgan fingerprint density at radius 2 is 1.89 bits per heavy atom. The molecule has 6 nitrogen and oxygen atoms in total.